The Morgan fingerprint density at radius 1 is 0.403 bits per heavy atom. The van der Waals surface area contributed by atoms with Crippen molar-refractivity contribution in [2.45, 2.75) is 123 Å². The molecular weight excluding hydrogens is 869 g/mol. The summed E-state index contributed by atoms with van der Waals surface area (Å²) in [5, 5.41) is 4.97. The Balaban J connectivity index is 1.04. The smallest absolute Gasteiger partial charge is 0.136 e. The summed E-state index contributed by atoms with van der Waals surface area (Å²) < 4.78 is 8.91. The van der Waals surface area contributed by atoms with E-state index in [9.17, 15) is 0 Å². The predicted molar refractivity (Wildman–Crippen MR) is 296 cm³/mol. The Morgan fingerprint density at radius 3 is 1.76 bits per heavy atom. The molecule has 0 unspecified atom stereocenters. The molecule has 0 fully saturated rings. The molecule has 0 aliphatic heterocycles. The van der Waals surface area contributed by atoms with Gasteiger partial charge in [-0.1, -0.05) is 151 Å². The third-order valence-corrected chi connectivity index (χ3v) is 18.3. The topological polar surface area (TPSA) is 13.1 Å². The molecule has 1 aliphatic carbocycles. The number of rotatable bonds is 18. The van der Waals surface area contributed by atoms with E-state index in [2.05, 4.69) is 161 Å². The molecule has 338 valence electrons. The molecule has 10 aromatic rings. The van der Waals surface area contributed by atoms with Crippen molar-refractivity contribution in [3.8, 4) is 53.6 Å². The third-order valence-electron chi connectivity index (χ3n) is 14.9. The van der Waals surface area contributed by atoms with E-state index in [1.54, 1.807) is 11.1 Å². The molecule has 0 radical (unpaired) electrons. The second-order valence-electron chi connectivity index (χ2n) is 19.6. The van der Waals surface area contributed by atoms with Gasteiger partial charge in [0.25, 0.3) is 0 Å². The minimum atomic E-state index is 0.0287. The van der Waals surface area contributed by atoms with Crippen molar-refractivity contribution in [2.75, 3.05) is 0 Å². The molecule has 1 nitrogen and oxygen atoms in total. The molecule has 0 atom stereocenters. The highest BCUT2D eigenvalue weighted by atomic mass is 32.1. The lowest BCUT2D eigenvalue weighted by Crippen LogP contribution is -2.25. The first-order chi connectivity index (χ1) is 32.9. The van der Waals surface area contributed by atoms with Crippen LogP contribution in [0.2, 0.25) is 0 Å². The van der Waals surface area contributed by atoms with Gasteiger partial charge in [0.05, 0.1) is 0 Å². The van der Waals surface area contributed by atoms with Crippen LogP contribution in [-0.4, -0.2) is 0 Å². The predicted octanol–water partition coefficient (Wildman–Crippen LogP) is 21.1. The van der Waals surface area contributed by atoms with Gasteiger partial charge >= 0.3 is 0 Å². The number of aryl methyl sites for hydroxylation is 2. The summed E-state index contributed by atoms with van der Waals surface area (Å²) in [6.45, 7) is 9.16. The Kier molecular flexibility index (Phi) is 12.6. The number of benzene rings is 6. The average molecular weight is 931 g/mol. The highest BCUT2D eigenvalue weighted by molar-refractivity contribution is 7.26. The Bertz CT molecular complexity index is 3370. The summed E-state index contributed by atoms with van der Waals surface area (Å²) in [7, 11) is 0. The lowest BCUT2D eigenvalue weighted by molar-refractivity contribution is 0.398. The summed E-state index contributed by atoms with van der Waals surface area (Å²) in [5.74, 6) is 0. The van der Waals surface area contributed by atoms with Gasteiger partial charge in [0.1, 0.15) is 11.2 Å². The van der Waals surface area contributed by atoms with E-state index < -0.39 is 0 Å². The largest absolute Gasteiger partial charge is 0.456 e. The molecule has 0 saturated carbocycles. The van der Waals surface area contributed by atoms with Crippen LogP contribution in [-0.2, 0) is 5.41 Å². The maximum atomic E-state index is 6.34. The van der Waals surface area contributed by atoms with Crippen molar-refractivity contribution < 1.29 is 4.42 Å². The molecular formula is C63H62OS3. The molecule has 0 bridgehead atoms. The number of furan rings is 1. The second kappa shape index (κ2) is 19.0. The SMILES string of the molecule is CCCCCCCCC1(CCCCCCCC)c2cc(C)ccc2-c2ccc(-c3cc(-c4ccc5sc6cc7oc8ccccc8c7cc6c5c4)cc(-c4ccc(-c5ccc(C)s5)s4)c3)cc21. The first-order valence-electron chi connectivity index (χ1n) is 25.3. The van der Waals surface area contributed by atoms with Crippen LogP contribution in [0.15, 0.2) is 138 Å². The molecule has 0 N–H and O–H groups in total. The number of fused-ring (bicyclic) bond motifs is 9. The van der Waals surface area contributed by atoms with Crippen molar-refractivity contribution in [2.24, 2.45) is 0 Å². The van der Waals surface area contributed by atoms with E-state index in [1.165, 1.54) is 185 Å². The maximum absolute atomic E-state index is 6.34. The van der Waals surface area contributed by atoms with Gasteiger partial charge in [-0.3, -0.25) is 0 Å². The average Bonchev–Trinajstić information content (AvgIpc) is 4.19. The molecule has 4 heterocycles. The van der Waals surface area contributed by atoms with Crippen LogP contribution in [0.4, 0.5) is 0 Å². The third kappa shape index (κ3) is 8.53. The van der Waals surface area contributed by atoms with Crippen LogP contribution in [0.25, 0.3) is 95.7 Å². The summed E-state index contributed by atoms with van der Waals surface area (Å²) in [5.41, 5.74) is 15.8. The fourth-order valence-corrected chi connectivity index (χ4v) is 14.4. The number of thiophene rings is 3. The quantitative estimate of drug-likeness (QED) is 0.0782. The van der Waals surface area contributed by atoms with Gasteiger partial charge in [-0.25, -0.2) is 0 Å². The van der Waals surface area contributed by atoms with Crippen LogP contribution < -0.4 is 0 Å². The zero-order valence-electron chi connectivity index (χ0n) is 39.7. The van der Waals surface area contributed by atoms with Crippen molar-refractivity contribution in [3.05, 3.63) is 155 Å². The zero-order chi connectivity index (χ0) is 45.5. The Labute approximate surface area is 409 Å². The molecule has 67 heavy (non-hydrogen) atoms. The number of hydrogen-bond acceptors (Lipinski definition) is 4. The number of para-hydroxylation sites is 1. The van der Waals surface area contributed by atoms with Gasteiger partial charge in [0, 0.05) is 55.9 Å². The van der Waals surface area contributed by atoms with Crippen LogP contribution in [0, 0.1) is 13.8 Å². The normalized spacial score (nSPS) is 13.1. The van der Waals surface area contributed by atoms with Crippen LogP contribution in [0.5, 0.6) is 0 Å². The van der Waals surface area contributed by atoms with E-state index >= 15 is 0 Å². The van der Waals surface area contributed by atoms with E-state index in [0.29, 0.717) is 0 Å². The minimum absolute atomic E-state index is 0.0287. The fraction of sp³-hybridized carbons (Fsp3) is 0.302. The first-order valence-corrected chi connectivity index (χ1v) is 27.7. The van der Waals surface area contributed by atoms with Gasteiger partial charge < -0.3 is 4.42 Å². The van der Waals surface area contributed by atoms with E-state index in [0.717, 1.165) is 11.2 Å². The maximum Gasteiger partial charge on any atom is 0.136 e. The van der Waals surface area contributed by atoms with Gasteiger partial charge in [-0.15, -0.1) is 34.0 Å². The van der Waals surface area contributed by atoms with Gasteiger partial charge in [-0.05, 0) is 156 Å². The Hall–Kier alpha value is -5.26. The van der Waals surface area contributed by atoms with E-state index in [-0.39, 0.29) is 5.41 Å². The monoisotopic (exact) mass is 930 g/mol. The molecule has 11 rings (SSSR count). The molecule has 0 spiro atoms. The highest BCUT2D eigenvalue weighted by Gasteiger charge is 2.42. The van der Waals surface area contributed by atoms with E-state index in [4.69, 9.17) is 4.42 Å². The summed E-state index contributed by atoms with van der Waals surface area (Å²) in [4.78, 5) is 5.35. The van der Waals surface area contributed by atoms with Gasteiger partial charge in [-0.2, -0.15) is 0 Å². The second-order valence-corrected chi connectivity index (χ2v) is 23.0. The lowest BCUT2D eigenvalue weighted by atomic mass is 9.70. The highest BCUT2D eigenvalue weighted by Crippen LogP contribution is 2.56. The summed E-state index contributed by atoms with van der Waals surface area (Å²) in [6, 6.07) is 51.7. The molecule has 0 amide bonds. The number of hydrogen-bond donors (Lipinski definition) is 0. The van der Waals surface area contributed by atoms with Crippen molar-refractivity contribution in [1.82, 2.24) is 0 Å². The molecule has 1 aliphatic rings. The Morgan fingerprint density at radius 2 is 1.01 bits per heavy atom. The molecule has 4 aromatic heterocycles. The number of unbranched alkanes of at least 4 members (excludes halogenated alkanes) is 10. The minimum Gasteiger partial charge on any atom is -0.456 e. The van der Waals surface area contributed by atoms with Crippen LogP contribution in [0.1, 0.15) is 125 Å². The van der Waals surface area contributed by atoms with Gasteiger partial charge in [0.15, 0.2) is 0 Å². The summed E-state index contributed by atoms with van der Waals surface area (Å²) in [6.07, 6.45) is 18.3. The molecule has 6 aromatic carbocycles. The standard InChI is InChI=1S/C63H62OS3/c1-5-7-9-11-13-17-31-63(32-18-14-12-10-8-6-2)54-33-41(3)21-25-48(54)49-26-23-44(38-55(49)63)46-34-45(35-47(36-46)58-29-30-61(66-58)60-27-22-42(4)65-60)43-24-28-59-52(37-43)53-39-51-50-19-15-16-20-56(50)64-57(51)40-62(53)67-59/h15-16,19-30,33-40H,5-14,17-18,31-32H2,1-4H3. The first kappa shape index (κ1) is 44.3. The van der Waals surface area contributed by atoms with Crippen molar-refractivity contribution in [3.63, 3.8) is 0 Å². The van der Waals surface area contributed by atoms with E-state index in [1.807, 2.05) is 34.0 Å². The van der Waals surface area contributed by atoms with Crippen LogP contribution in [0.3, 0.4) is 0 Å². The lowest BCUT2D eigenvalue weighted by Gasteiger charge is -2.33. The van der Waals surface area contributed by atoms with Crippen molar-refractivity contribution >= 4 is 76.1 Å². The molecule has 4 heteroatoms. The summed E-state index contributed by atoms with van der Waals surface area (Å²) >= 11 is 5.67. The van der Waals surface area contributed by atoms with Crippen molar-refractivity contribution in [1.29, 1.82) is 0 Å². The molecule has 0 saturated heterocycles. The zero-order valence-corrected chi connectivity index (χ0v) is 42.2. The van der Waals surface area contributed by atoms with Crippen LogP contribution >= 0.6 is 34.0 Å². The fourth-order valence-electron chi connectivity index (χ4n) is 11.3. The van der Waals surface area contributed by atoms with Gasteiger partial charge in [0.2, 0.25) is 0 Å².